The molecule has 0 aliphatic carbocycles. The molecule has 0 heterocycles. The van der Waals surface area contributed by atoms with E-state index in [4.69, 9.17) is 9.98 Å². The van der Waals surface area contributed by atoms with Crippen molar-refractivity contribution in [2.45, 2.75) is 183 Å². The molecule has 0 unspecified atom stereocenters. The molecule has 264 valence electrons. The maximum atomic E-state index is 5.12. The Kier molecular flexibility index (Phi) is 25.3. The molecule has 3 heteroatoms. The Balaban J connectivity index is 0.0000110. The summed E-state index contributed by atoms with van der Waals surface area (Å²) in [6, 6.07) is 13.3. The van der Waals surface area contributed by atoms with Gasteiger partial charge >= 0.3 is 0 Å². The normalized spacial score (nSPS) is 11.7. The molecule has 2 aromatic rings. The maximum Gasteiger partial charge on any atom is 0.135 e. The Bertz CT molecular complexity index is 1230. The van der Waals surface area contributed by atoms with Gasteiger partial charge in [-0.15, -0.1) is 0 Å². The zero-order valence-electron chi connectivity index (χ0n) is 31.2. The van der Waals surface area contributed by atoms with Crippen molar-refractivity contribution in [3.05, 3.63) is 58.7 Å². The van der Waals surface area contributed by atoms with Gasteiger partial charge in [0.2, 0.25) is 0 Å². The van der Waals surface area contributed by atoms with E-state index in [9.17, 15) is 0 Å². The molecule has 0 fully saturated rings. The molecule has 47 heavy (non-hydrogen) atoms. The van der Waals surface area contributed by atoms with E-state index in [1.165, 1.54) is 125 Å². The summed E-state index contributed by atoms with van der Waals surface area (Å²) in [6.45, 7) is 13.4. The molecule has 0 N–H and O–H groups in total. The van der Waals surface area contributed by atoms with Crippen LogP contribution in [-0.2, 0) is 42.2 Å². The summed E-state index contributed by atoms with van der Waals surface area (Å²) >= 11 is 0. The van der Waals surface area contributed by atoms with Crippen molar-refractivity contribution in [3.63, 3.8) is 0 Å². The Labute approximate surface area is 301 Å². The van der Waals surface area contributed by atoms with E-state index in [-0.39, 0.29) is 16.5 Å². The van der Waals surface area contributed by atoms with Gasteiger partial charge in [0, 0.05) is 22.9 Å². The van der Waals surface area contributed by atoms with Crippen LogP contribution in [0.15, 0.2) is 46.4 Å². The van der Waals surface area contributed by atoms with Crippen molar-refractivity contribution in [2.75, 3.05) is 0 Å². The first kappa shape index (κ1) is 42.9. The number of unbranched alkanes of at least 4 members (excludes halogenated alkanes) is 16. The third-order valence-electron chi connectivity index (χ3n) is 9.38. The van der Waals surface area contributed by atoms with Gasteiger partial charge in [0.05, 0.1) is 17.1 Å². The summed E-state index contributed by atoms with van der Waals surface area (Å²) in [5.41, 5.74) is 9.37. The first-order valence-corrected chi connectivity index (χ1v) is 19.5. The van der Waals surface area contributed by atoms with E-state index in [0.717, 1.165) is 61.3 Å². The standard InChI is InChI=1S/C44H68N2.Ni/c1-7-13-14-15-16-17-18-19-20-21-22-23-24-25-26-27-28-29-30-44(46-42-34-32-38(9-3)40(11-5)36-42)43(12-6)45-41-33-31-37(8-2)39(10-4)35-41;/h31-36H,7-28H2,1-6H3;/b45-43+,46-44+;. The van der Waals surface area contributed by atoms with Crippen LogP contribution in [0.3, 0.4) is 0 Å². The fraction of sp³-hybridized carbons (Fsp3) is 0.636. The van der Waals surface area contributed by atoms with Crippen LogP contribution in [0, 0.1) is 11.8 Å². The van der Waals surface area contributed by atoms with Crippen LogP contribution < -0.4 is 0 Å². The molecule has 0 aliphatic heterocycles. The molecular weight excluding hydrogens is 615 g/mol. The molecule has 0 spiro atoms. The van der Waals surface area contributed by atoms with Crippen LogP contribution in [0.5, 0.6) is 0 Å². The number of hydrogen-bond acceptors (Lipinski definition) is 2. The summed E-state index contributed by atoms with van der Waals surface area (Å²) in [4.78, 5) is 10.2. The Hall–Kier alpha value is -2.17. The second-order valence-corrected chi connectivity index (χ2v) is 13.0. The third-order valence-corrected chi connectivity index (χ3v) is 9.38. The average Bonchev–Trinajstić information content (AvgIpc) is 3.09. The second kappa shape index (κ2) is 27.8. The fourth-order valence-electron chi connectivity index (χ4n) is 6.37. The molecule has 2 aromatic carbocycles. The molecule has 0 aromatic heterocycles. The Morgan fingerprint density at radius 2 is 0.894 bits per heavy atom. The van der Waals surface area contributed by atoms with Crippen molar-refractivity contribution in [1.29, 1.82) is 0 Å². The minimum atomic E-state index is 0. The molecule has 0 saturated heterocycles. The summed E-state index contributed by atoms with van der Waals surface area (Å²) in [7, 11) is 0. The average molecular weight is 684 g/mol. The predicted octanol–water partition coefficient (Wildman–Crippen LogP) is 13.8. The van der Waals surface area contributed by atoms with Gasteiger partial charge in [0.25, 0.3) is 0 Å². The predicted molar refractivity (Wildman–Crippen MR) is 207 cm³/mol. The first-order valence-electron chi connectivity index (χ1n) is 19.5. The van der Waals surface area contributed by atoms with Crippen molar-refractivity contribution >= 4 is 22.8 Å². The number of benzene rings is 2. The van der Waals surface area contributed by atoms with Gasteiger partial charge in [-0.2, -0.15) is 0 Å². The summed E-state index contributed by atoms with van der Waals surface area (Å²) in [6.07, 6.45) is 28.1. The quantitative estimate of drug-likeness (QED) is 0.0455. The van der Waals surface area contributed by atoms with Crippen molar-refractivity contribution < 1.29 is 16.5 Å². The van der Waals surface area contributed by atoms with Crippen LogP contribution in [0.2, 0.25) is 0 Å². The number of nitrogens with zero attached hydrogens (tertiary/aromatic N) is 2. The Morgan fingerprint density at radius 1 is 0.489 bits per heavy atom. The van der Waals surface area contributed by atoms with Crippen LogP contribution in [-0.4, -0.2) is 11.4 Å². The van der Waals surface area contributed by atoms with E-state index in [0.29, 0.717) is 0 Å². The van der Waals surface area contributed by atoms with Crippen LogP contribution in [0.4, 0.5) is 11.4 Å². The third kappa shape index (κ3) is 17.7. The molecule has 0 bridgehead atoms. The smallest absolute Gasteiger partial charge is 0.135 e. The van der Waals surface area contributed by atoms with E-state index in [1.807, 2.05) is 0 Å². The molecule has 2 rings (SSSR count). The van der Waals surface area contributed by atoms with Crippen LogP contribution >= 0.6 is 0 Å². The fourth-order valence-corrected chi connectivity index (χ4v) is 6.37. The topological polar surface area (TPSA) is 24.7 Å². The van der Waals surface area contributed by atoms with Crippen molar-refractivity contribution in [3.8, 4) is 11.8 Å². The molecule has 0 aliphatic rings. The minimum Gasteiger partial charge on any atom is -0.251 e. The molecule has 0 radical (unpaired) electrons. The second-order valence-electron chi connectivity index (χ2n) is 13.0. The van der Waals surface area contributed by atoms with Crippen LogP contribution in [0.25, 0.3) is 0 Å². The molecule has 0 amide bonds. The largest absolute Gasteiger partial charge is 0.251 e. The zero-order valence-corrected chi connectivity index (χ0v) is 32.2. The van der Waals surface area contributed by atoms with E-state index in [1.54, 1.807) is 0 Å². The van der Waals surface area contributed by atoms with Gasteiger partial charge < -0.3 is 0 Å². The molecule has 0 atom stereocenters. The number of hydrogen-bond donors (Lipinski definition) is 0. The van der Waals surface area contributed by atoms with Gasteiger partial charge in [-0.1, -0.05) is 156 Å². The minimum absolute atomic E-state index is 0. The first-order chi connectivity index (χ1) is 22.6. The zero-order chi connectivity index (χ0) is 33.2. The van der Waals surface area contributed by atoms with Gasteiger partial charge in [-0.3, -0.25) is 4.99 Å². The number of aryl methyl sites for hydroxylation is 4. The van der Waals surface area contributed by atoms with Gasteiger partial charge in [0.15, 0.2) is 0 Å². The van der Waals surface area contributed by atoms with Crippen molar-refractivity contribution in [1.82, 2.24) is 0 Å². The monoisotopic (exact) mass is 682 g/mol. The van der Waals surface area contributed by atoms with E-state index < -0.39 is 0 Å². The van der Waals surface area contributed by atoms with Gasteiger partial charge in [0.1, 0.15) is 5.71 Å². The van der Waals surface area contributed by atoms with E-state index in [2.05, 4.69) is 89.8 Å². The van der Waals surface area contributed by atoms with Gasteiger partial charge in [-0.05, 0) is 91.0 Å². The summed E-state index contributed by atoms with van der Waals surface area (Å²) < 4.78 is 0. The molecule has 2 nitrogen and oxygen atoms in total. The van der Waals surface area contributed by atoms with Crippen LogP contribution in [0.1, 0.15) is 179 Å². The van der Waals surface area contributed by atoms with Gasteiger partial charge in [-0.25, -0.2) is 4.99 Å². The maximum absolute atomic E-state index is 5.12. The Morgan fingerprint density at radius 3 is 1.30 bits per heavy atom. The van der Waals surface area contributed by atoms with E-state index >= 15 is 0 Å². The summed E-state index contributed by atoms with van der Waals surface area (Å²) in [5, 5.41) is 0. The SMILES string of the molecule is CCCCCCCCCCCCCCCCCCC#CC(=N\c1ccc(CC)c(CC)c1)/C(CC)=N/c1ccc(CC)c(CC)c1.[Ni]. The number of aliphatic imine (C=N–C) groups is 2. The molecule has 0 saturated carbocycles. The number of rotatable bonds is 24. The van der Waals surface area contributed by atoms with Crippen molar-refractivity contribution in [2.24, 2.45) is 9.98 Å². The summed E-state index contributed by atoms with van der Waals surface area (Å²) in [5.74, 6) is 6.96. The molecular formula is C44H68N2Ni.